The molecule has 0 radical (unpaired) electrons. The van der Waals surface area contributed by atoms with Gasteiger partial charge in [-0.25, -0.2) is 9.48 Å². The second-order valence-corrected chi connectivity index (χ2v) is 7.58. The van der Waals surface area contributed by atoms with Crippen LogP contribution in [0.1, 0.15) is 48.7 Å². The number of benzene rings is 1. The van der Waals surface area contributed by atoms with Crippen molar-refractivity contribution in [2.45, 2.75) is 58.0 Å². The largest absolute Gasteiger partial charge is 0.346 e. The minimum atomic E-state index is 0.0889. The van der Waals surface area contributed by atoms with Crippen molar-refractivity contribution in [3.05, 3.63) is 51.7 Å². The summed E-state index contributed by atoms with van der Waals surface area (Å²) in [6.07, 6.45) is 6.63. The van der Waals surface area contributed by atoms with Crippen LogP contribution in [0.2, 0.25) is 0 Å². The molecular weight excluding hydrogens is 312 g/mol. The molecule has 134 valence electrons. The van der Waals surface area contributed by atoms with Crippen molar-refractivity contribution >= 4 is 0 Å². The van der Waals surface area contributed by atoms with E-state index in [0.29, 0.717) is 12.6 Å². The summed E-state index contributed by atoms with van der Waals surface area (Å²) in [5.74, 6) is 0.990. The van der Waals surface area contributed by atoms with Crippen LogP contribution in [0.5, 0.6) is 0 Å². The molecule has 5 nitrogen and oxygen atoms in total. The third-order valence-electron chi connectivity index (χ3n) is 5.64. The fraction of sp³-hybridized carbons (Fsp3) is 0.600. The Balaban J connectivity index is 1.49. The molecule has 2 aliphatic rings. The Hall–Kier alpha value is -1.88. The summed E-state index contributed by atoms with van der Waals surface area (Å²) in [6, 6.07) is 8.85. The van der Waals surface area contributed by atoms with Crippen LogP contribution in [0.4, 0.5) is 0 Å². The van der Waals surface area contributed by atoms with E-state index < -0.39 is 0 Å². The molecule has 3 heterocycles. The van der Waals surface area contributed by atoms with Gasteiger partial charge in [-0.15, -0.1) is 0 Å². The standard InChI is InChI=1S/C20H28N4O/c1-16-7-9-17(10-8-16)11-14-23-20(25)24-18(5-4-6-19(24)21-23)15-22-12-2-3-13-22/h7-10,18H,2-6,11-15H2,1H3. The maximum absolute atomic E-state index is 12.9. The third-order valence-corrected chi connectivity index (χ3v) is 5.64. The van der Waals surface area contributed by atoms with Crippen LogP contribution in [0, 0.1) is 6.92 Å². The van der Waals surface area contributed by atoms with E-state index in [2.05, 4.69) is 41.2 Å². The SMILES string of the molecule is Cc1ccc(CCn2nc3n(c2=O)C(CN2CCCC2)CCC3)cc1. The molecule has 0 aliphatic carbocycles. The molecule has 0 amide bonds. The molecule has 4 rings (SSSR count). The van der Waals surface area contributed by atoms with E-state index in [0.717, 1.165) is 38.1 Å². The molecule has 1 atom stereocenters. The first-order chi connectivity index (χ1) is 12.2. The van der Waals surface area contributed by atoms with Crippen molar-refractivity contribution in [2.75, 3.05) is 19.6 Å². The van der Waals surface area contributed by atoms with E-state index in [-0.39, 0.29) is 5.69 Å². The molecule has 2 aliphatic heterocycles. The molecule has 5 heteroatoms. The summed E-state index contributed by atoms with van der Waals surface area (Å²) < 4.78 is 3.69. The van der Waals surface area contributed by atoms with Gasteiger partial charge in [0, 0.05) is 13.0 Å². The highest BCUT2D eigenvalue weighted by molar-refractivity contribution is 5.21. The van der Waals surface area contributed by atoms with Crippen LogP contribution in [0.3, 0.4) is 0 Å². The molecule has 1 fully saturated rings. The fourth-order valence-electron chi connectivity index (χ4n) is 4.20. The molecule has 1 saturated heterocycles. The zero-order valence-electron chi connectivity index (χ0n) is 15.2. The molecule has 1 aromatic heterocycles. The highest BCUT2D eigenvalue weighted by Gasteiger charge is 2.27. The van der Waals surface area contributed by atoms with Gasteiger partial charge in [0.05, 0.1) is 12.6 Å². The Morgan fingerprint density at radius 3 is 2.64 bits per heavy atom. The molecule has 0 bridgehead atoms. The molecule has 0 N–H and O–H groups in total. The van der Waals surface area contributed by atoms with Crippen LogP contribution in [-0.2, 0) is 19.4 Å². The van der Waals surface area contributed by atoms with Gasteiger partial charge in [-0.05, 0) is 57.7 Å². The second-order valence-electron chi connectivity index (χ2n) is 7.58. The topological polar surface area (TPSA) is 43.1 Å². The Morgan fingerprint density at radius 1 is 1.12 bits per heavy atom. The number of aryl methyl sites for hydroxylation is 4. The van der Waals surface area contributed by atoms with Crippen molar-refractivity contribution in [1.82, 2.24) is 19.2 Å². The Bertz CT molecular complexity index is 768. The lowest BCUT2D eigenvalue weighted by atomic mass is 10.0. The summed E-state index contributed by atoms with van der Waals surface area (Å²) in [6.45, 7) is 6.14. The predicted molar refractivity (Wildman–Crippen MR) is 99.0 cm³/mol. The normalized spacial score (nSPS) is 20.8. The smallest absolute Gasteiger partial charge is 0.301 e. The third kappa shape index (κ3) is 3.56. The average molecular weight is 340 g/mol. The maximum atomic E-state index is 12.9. The first-order valence-electron chi connectivity index (χ1n) is 9.67. The van der Waals surface area contributed by atoms with E-state index in [1.165, 1.54) is 37.1 Å². The van der Waals surface area contributed by atoms with Gasteiger partial charge < -0.3 is 4.90 Å². The molecule has 25 heavy (non-hydrogen) atoms. The first kappa shape index (κ1) is 16.6. The quantitative estimate of drug-likeness (QED) is 0.840. The van der Waals surface area contributed by atoms with Gasteiger partial charge in [-0.2, -0.15) is 5.10 Å². The maximum Gasteiger partial charge on any atom is 0.346 e. The number of fused-ring (bicyclic) bond motifs is 1. The number of aromatic nitrogens is 3. The lowest BCUT2D eigenvalue weighted by Gasteiger charge is -2.27. The van der Waals surface area contributed by atoms with E-state index in [9.17, 15) is 4.79 Å². The van der Waals surface area contributed by atoms with E-state index in [1.54, 1.807) is 4.68 Å². The molecule has 0 spiro atoms. The first-order valence-corrected chi connectivity index (χ1v) is 9.67. The summed E-state index contributed by atoms with van der Waals surface area (Å²) in [5.41, 5.74) is 2.62. The molecule has 1 unspecified atom stereocenters. The van der Waals surface area contributed by atoms with Gasteiger partial charge in [-0.3, -0.25) is 4.57 Å². The number of hydrogen-bond acceptors (Lipinski definition) is 3. The summed E-state index contributed by atoms with van der Waals surface area (Å²) in [4.78, 5) is 15.4. The van der Waals surface area contributed by atoms with Gasteiger partial charge in [0.15, 0.2) is 0 Å². The highest BCUT2D eigenvalue weighted by Crippen LogP contribution is 2.24. The van der Waals surface area contributed by atoms with Gasteiger partial charge in [0.1, 0.15) is 5.82 Å². The zero-order chi connectivity index (χ0) is 17.2. The molecule has 1 aromatic carbocycles. The number of hydrogen-bond donors (Lipinski definition) is 0. The molecular formula is C20H28N4O. The van der Waals surface area contributed by atoms with Gasteiger partial charge >= 0.3 is 5.69 Å². The monoisotopic (exact) mass is 340 g/mol. The summed E-state index contributed by atoms with van der Waals surface area (Å²) in [5, 5.41) is 4.66. The number of rotatable bonds is 5. The minimum absolute atomic E-state index is 0.0889. The lowest BCUT2D eigenvalue weighted by molar-refractivity contribution is 0.247. The van der Waals surface area contributed by atoms with Gasteiger partial charge in [-0.1, -0.05) is 29.8 Å². The predicted octanol–water partition coefficient (Wildman–Crippen LogP) is 2.57. The Morgan fingerprint density at radius 2 is 1.88 bits per heavy atom. The van der Waals surface area contributed by atoms with Crippen molar-refractivity contribution in [1.29, 1.82) is 0 Å². The van der Waals surface area contributed by atoms with Crippen molar-refractivity contribution in [2.24, 2.45) is 0 Å². The molecule has 0 saturated carbocycles. The van der Waals surface area contributed by atoms with Crippen molar-refractivity contribution in [3.63, 3.8) is 0 Å². The van der Waals surface area contributed by atoms with Crippen LogP contribution in [0.25, 0.3) is 0 Å². The van der Waals surface area contributed by atoms with Crippen LogP contribution in [-0.4, -0.2) is 38.9 Å². The highest BCUT2D eigenvalue weighted by atomic mass is 16.2. The van der Waals surface area contributed by atoms with Crippen LogP contribution in [0.15, 0.2) is 29.1 Å². The fourth-order valence-corrected chi connectivity index (χ4v) is 4.20. The lowest BCUT2D eigenvalue weighted by Crippen LogP contribution is -2.37. The van der Waals surface area contributed by atoms with E-state index in [1.807, 2.05) is 4.57 Å². The van der Waals surface area contributed by atoms with Crippen molar-refractivity contribution in [3.8, 4) is 0 Å². The van der Waals surface area contributed by atoms with Gasteiger partial charge in [0.25, 0.3) is 0 Å². The second kappa shape index (κ2) is 7.16. The van der Waals surface area contributed by atoms with Crippen LogP contribution < -0.4 is 5.69 Å². The van der Waals surface area contributed by atoms with E-state index in [4.69, 9.17) is 0 Å². The minimum Gasteiger partial charge on any atom is -0.301 e. The number of likely N-dealkylation sites (tertiary alicyclic amines) is 1. The van der Waals surface area contributed by atoms with Crippen molar-refractivity contribution < 1.29 is 0 Å². The summed E-state index contributed by atoms with van der Waals surface area (Å²) in [7, 11) is 0. The Labute approximate surface area is 149 Å². The Kier molecular flexibility index (Phi) is 4.75. The van der Waals surface area contributed by atoms with Crippen LogP contribution >= 0.6 is 0 Å². The average Bonchev–Trinajstić information content (AvgIpc) is 3.23. The number of nitrogens with zero attached hydrogens (tertiary/aromatic N) is 4. The summed E-state index contributed by atoms with van der Waals surface area (Å²) >= 11 is 0. The van der Waals surface area contributed by atoms with E-state index >= 15 is 0 Å². The zero-order valence-corrected chi connectivity index (χ0v) is 15.2. The van der Waals surface area contributed by atoms with Gasteiger partial charge in [0.2, 0.25) is 0 Å². The molecule has 2 aromatic rings.